The van der Waals surface area contributed by atoms with Crippen molar-refractivity contribution in [3.8, 4) is 0 Å². The average Bonchev–Trinajstić information content (AvgIpc) is 3.03. The van der Waals surface area contributed by atoms with E-state index in [0.717, 1.165) is 10.5 Å². The predicted molar refractivity (Wildman–Crippen MR) is 111 cm³/mol. The highest BCUT2D eigenvalue weighted by Gasteiger charge is 2.40. The average molecular weight is 428 g/mol. The molecular weight excluding hydrogens is 406 g/mol. The first kappa shape index (κ1) is 20.4. The Balaban J connectivity index is 1.38. The first-order valence-corrected chi connectivity index (χ1v) is 10.2. The number of nitrogens with zero attached hydrogens (tertiary/aromatic N) is 2. The summed E-state index contributed by atoms with van der Waals surface area (Å²) in [4.78, 5) is 40.7. The van der Waals surface area contributed by atoms with Crippen molar-refractivity contribution < 1.29 is 19.1 Å². The van der Waals surface area contributed by atoms with Gasteiger partial charge in [-0.1, -0.05) is 60.1 Å². The number of urea groups is 1. The van der Waals surface area contributed by atoms with Crippen LogP contribution in [0.1, 0.15) is 23.7 Å². The van der Waals surface area contributed by atoms with Crippen molar-refractivity contribution in [3.05, 3.63) is 70.7 Å². The number of hydrogen-bond acceptors (Lipinski definition) is 4. The molecule has 0 aromatic heterocycles. The number of benzene rings is 2. The number of imide groups is 1. The zero-order valence-electron chi connectivity index (χ0n) is 16.3. The minimum Gasteiger partial charge on any atom is -0.370 e. The van der Waals surface area contributed by atoms with E-state index in [1.807, 2.05) is 30.3 Å². The third-order valence-corrected chi connectivity index (χ3v) is 5.73. The van der Waals surface area contributed by atoms with E-state index >= 15 is 0 Å². The minimum absolute atomic E-state index is 0.0721. The lowest BCUT2D eigenvalue weighted by atomic mass is 10.1. The summed E-state index contributed by atoms with van der Waals surface area (Å²) < 4.78 is 5.80. The Morgan fingerprint density at radius 1 is 1.10 bits per heavy atom. The van der Waals surface area contributed by atoms with Gasteiger partial charge in [-0.05, 0) is 17.2 Å². The van der Waals surface area contributed by atoms with E-state index in [4.69, 9.17) is 16.3 Å². The van der Waals surface area contributed by atoms with Crippen LogP contribution in [0.15, 0.2) is 54.6 Å². The highest BCUT2D eigenvalue weighted by molar-refractivity contribution is 6.31. The largest absolute Gasteiger partial charge is 0.370 e. The van der Waals surface area contributed by atoms with Crippen LogP contribution in [0.25, 0.3) is 0 Å². The maximum Gasteiger partial charge on any atom is 0.325 e. The second-order valence-electron chi connectivity index (χ2n) is 7.33. The van der Waals surface area contributed by atoms with E-state index in [9.17, 15) is 14.4 Å². The van der Waals surface area contributed by atoms with Gasteiger partial charge in [-0.15, -0.1) is 0 Å². The van der Waals surface area contributed by atoms with E-state index < -0.39 is 18.0 Å². The summed E-state index contributed by atoms with van der Waals surface area (Å²) in [6.45, 7) is 1.37. The van der Waals surface area contributed by atoms with Crippen LogP contribution in [0.5, 0.6) is 0 Å². The number of halogens is 1. The summed E-state index contributed by atoms with van der Waals surface area (Å²) in [6, 6.07) is 15.4. The van der Waals surface area contributed by atoms with Crippen LogP contribution >= 0.6 is 11.6 Å². The maximum absolute atomic E-state index is 12.8. The molecule has 2 aromatic rings. The van der Waals surface area contributed by atoms with Crippen molar-refractivity contribution in [1.82, 2.24) is 15.1 Å². The fourth-order valence-electron chi connectivity index (χ4n) is 3.71. The van der Waals surface area contributed by atoms with E-state index in [2.05, 4.69) is 5.32 Å². The molecule has 2 heterocycles. The molecule has 2 aromatic carbocycles. The fraction of sp³-hybridized carbons (Fsp3) is 0.318. The van der Waals surface area contributed by atoms with Crippen LogP contribution in [0.3, 0.4) is 0 Å². The summed E-state index contributed by atoms with van der Waals surface area (Å²) in [7, 11) is 0. The van der Waals surface area contributed by atoms with E-state index in [-0.39, 0.29) is 25.0 Å². The second kappa shape index (κ2) is 8.85. The smallest absolute Gasteiger partial charge is 0.325 e. The van der Waals surface area contributed by atoms with Gasteiger partial charge in [-0.25, -0.2) is 4.79 Å². The van der Waals surface area contributed by atoms with E-state index in [1.54, 1.807) is 29.2 Å². The van der Waals surface area contributed by atoms with Gasteiger partial charge in [0.2, 0.25) is 5.91 Å². The van der Waals surface area contributed by atoms with Gasteiger partial charge < -0.3 is 15.0 Å². The molecule has 4 rings (SSSR count). The standard InChI is InChI=1S/C22H22ClN3O4/c23-17-9-5-4-8-16(17)13-26-21(28)18(24-22(26)29)12-20(27)25-10-11-30-19(14-25)15-6-2-1-3-7-15/h1-9,18-19H,10-14H2,(H,24,29)/t18-,19-/m0/s1. The van der Waals surface area contributed by atoms with Crippen molar-refractivity contribution in [3.63, 3.8) is 0 Å². The van der Waals surface area contributed by atoms with Gasteiger partial charge in [-0.3, -0.25) is 14.5 Å². The number of nitrogens with one attached hydrogen (secondary N) is 1. The number of morpholine rings is 1. The van der Waals surface area contributed by atoms with Crippen molar-refractivity contribution in [2.75, 3.05) is 19.7 Å². The molecule has 8 heteroatoms. The molecule has 0 bridgehead atoms. The molecule has 156 valence electrons. The highest BCUT2D eigenvalue weighted by Crippen LogP contribution is 2.24. The van der Waals surface area contributed by atoms with Crippen LogP contribution in [-0.2, 0) is 20.9 Å². The first-order chi connectivity index (χ1) is 14.5. The lowest BCUT2D eigenvalue weighted by Gasteiger charge is -2.33. The summed E-state index contributed by atoms with van der Waals surface area (Å²) in [6.07, 6.45) is -0.278. The van der Waals surface area contributed by atoms with Gasteiger partial charge in [0.1, 0.15) is 12.1 Å². The van der Waals surface area contributed by atoms with Crippen LogP contribution < -0.4 is 5.32 Å². The Kier molecular flexibility index (Phi) is 6.01. The van der Waals surface area contributed by atoms with Crippen LogP contribution in [-0.4, -0.2) is 53.4 Å². The molecule has 2 aliphatic heterocycles. The molecule has 2 fully saturated rings. The molecule has 4 amide bonds. The van der Waals surface area contributed by atoms with E-state index in [0.29, 0.717) is 30.3 Å². The van der Waals surface area contributed by atoms with Crippen LogP contribution in [0.4, 0.5) is 4.79 Å². The van der Waals surface area contributed by atoms with Crippen molar-refractivity contribution in [2.24, 2.45) is 0 Å². The number of hydrogen-bond donors (Lipinski definition) is 1. The number of rotatable bonds is 5. The van der Waals surface area contributed by atoms with Crippen molar-refractivity contribution in [2.45, 2.75) is 25.1 Å². The van der Waals surface area contributed by atoms with Crippen molar-refractivity contribution in [1.29, 1.82) is 0 Å². The van der Waals surface area contributed by atoms with Crippen molar-refractivity contribution >= 4 is 29.4 Å². The molecule has 2 aliphatic rings. The molecule has 0 unspecified atom stereocenters. The van der Waals surface area contributed by atoms with Gasteiger partial charge >= 0.3 is 6.03 Å². The zero-order chi connectivity index (χ0) is 21.1. The maximum atomic E-state index is 12.8. The molecular formula is C22H22ClN3O4. The summed E-state index contributed by atoms with van der Waals surface area (Å²) >= 11 is 6.14. The fourth-order valence-corrected chi connectivity index (χ4v) is 3.91. The van der Waals surface area contributed by atoms with Gasteiger partial charge in [0.15, 0.2) is 0 Å². The van der Waals surface area contributed by atoms with Gasteiger partial charge in [-0.2, -0.15) is 0 Å². The van der Waals surface area contributed by atoms with Gasteiger partial charge in [0.05, 0.1) is 26.1 Å². The van der Waals surface area contributed by atoms with Crippen LogP contribution in [0.2, 0.25) is 5.02 Å². The Morgan fingerprint density at radius 2 is 1.83 bits per heavy atom. The monoisotopic (exact) mass is 427 g/mol. The normalized spacial score (nSPS) is 21.6. The van der Waals surface area contributed by atoms with Gasteiger partial charge in [0.25, 0.3) is 5.91 Å². The third kappa shape index (κ3) is 4.32. The lowest BCUT2D eigenvalue weighted by molar-refractivity contribution is -0.141. The number of carbonyl (C=O) groups excluding carboxylic acids is 3. The summed E-state index contributed by atoms with van der Waals surface area (Å²) in [5, 5.41) is 3.11. The molecule has 30 heavy (non-hydrogen) atoms. The Morgan fingerprint density at radius 3 is 2.60 bits per heavy atom. The lowest BCUT2D eigenvalue weighted by Crippen LogP contribution is -2.45. The predicted octanol–water partition coefficient (Wildman–Crippen LogP) is 2.75. The molecule has 0 aliphatic carbocycles. The Hall–Kier alpha value is -2.90. The Labute approximate surface area is 179 Å². The third-order valence-electron chi connectivity index (χ3n) is 5.36. The van der Waals surface area contributed by atoms with Gasteiger partial charge in [0, 0.05) is 11.6 Å². The molecule has 0 radical (unpaired) electrons. The molecule has 0 spiro atoms. The number of carbonyl (C=O) groups is 3. The highest BCUT2D eigenvalue weighted by atomic mass is 35.5. The minimum atomic E-state index is -0.870. The Bertz CT molecular complexity index is 952. The molecule has 2 atom stereocenters. The van der Waals surface area contributed by atoms with E-state index in [1.165, 1.54) is 0 Å². The molecule has 2 saturated heterocycles. The topological polar surface area (TPSA) is 79.0 Å². The molecule has 1 N–H and O–H groups in total. The molecule has 0 saturated carbocycles. The SMILES string of the molecule is O=C(C[C@@H]1NC(=O)N(Cc2ccccc2Cl)C1=O)N1CCO[C@H](c2ccccc2)C1. The second-order valence-corrected chi connectivity index (χ2v) is 7.74. The number of ether oxygens (including phenoxy) is 1. The van der Waals surface area contributed by atoms with Crippen LogP contribution in [0, 0.1) is 0 Å². The molecule has 7 nitrogen and oxygen atoms in total. The first-order valence-electron chi connectivity index (χ1n) is 9.82. The summed E-state index contributed by atoms with van der Waals surface area (Å²) in [5.41, 5.74) is 1.68. The quantitative estimate of drug-likeness (QED) is 0.744. The summed E-state index contributed by atoms with van der Waals surface area (Å²) in [5.74, 6) is -0.599. The zero-order valence-corrected chi connectivity index (χ0v) is 17.0. The number of amides is 4.